The zero-order chi connectivity index (χ0) is 21.8. The van der Waals surface area contributed by atoms with E-state index in [0.717, 1.165) is 47.8 Å². The Morgan fingerprint density at radius 3 is 2.94 bits per heavy atom. The van der Waals surface area contributed by atoms with E-state index in [0.29, 0.717) is 6.54 Å². The highest BCUT2D eigenvalue weighted by atomic mass is 16.5. The van der Waals surface area contributed by atoms with Crippen molar-refractivity contribution in [1.82, 2.24) is 9.88 Å². The number of aromatic hydroxyl groups is 1. The van der Waals surface area contributed by atoms with Gasteiger partial charge in [0.05, 0.1) is 13.7 Å². The smallest absolute Gasteiger partial charge is 0.330 e. The summed E-state index contributed by atoms with van der Waals surface area (Å²) in [6, 6.07) is 11.9. The second-order valence-corrected chi connectivity index (χ2v) is 7.92. The summed E-state index contributed by atoms with van der Waals surface area (Å²) >= 11 is 0. The summed E-state index contributed by atoms with van der Waals surface area (Å²) in [6.07, 6.45) is 8.03. The number of ether oxygens (including phenoxy) is 1. The standard InChI is InChI=1S/C25H28N2O4/c1-31-25(30)9-3-17-2-6-21-18(14-17)4-8-24(21)27(12-13-28)11-10-19-16-26-23-7-5-20(29)15-22(19)23/h2-3,5-7,9,14-16,24,26,28-29H,4,8,10-13H2,1H3/b9-3+. The van der Waals surface area contributed by atoms with Crippen LogP contribution >= 0.6 is 0 Å². The molecule has 0 spiro atoms. The fourth-order valence-corrected chi connectivity index (χ4v) is 4.52. The molecule has 3 aromatic rings. The summed E-state index contributed by atoms with van der Waals surface area (Å²) in [5, 5.41) is 20.5. The highest BCUT2D eigenvalue weighted by molar-refractivity contribution is 5.87. The molecule has 162 valence electrons. The number of aromatic amines is 1. The number of hydrogen-bond donors (Lipinski definition) is 3. The summed E-state index contributed by atoms with van der Waals surface area (Å²) in [5.74, 6) is -0.0968. The van der Waals surface area contributed by atoms with Crippen LogP contribution in [0.2, 0.25) is 0 Å². The maximum Gasteiger partial charge on any atom is 0.330 e. The van der Waals surface area contributed by atoms with Crippen LogP contribution in [-0.2, 0) is 22.4 Å². The number of methoxy groups -OCH3 is 1. The molecule has 1 aromatic heterocycles. The van der Waals surface area contributed by atoms with Gasteiger partial charge in [0.1, 0.15) is 5.75 Å². The first-order valence-electron chi connectivity index (χ1n) is 10.6. The molecule has 0 bridgehead atoms. The fraction of sp³-hybridized carbons (Fsp3) is 0.320. The lowest BCUT2D eigenvalue weighted by Crippen LogP contribution is -2.32. The zero-order valence-corrected chi connectivity index (χ0v) is 17.7. The number of phenols is 1. The van der Waals surface area contributed by atoms with Crippen LogP contribution in [0, 0.1) is 0 Å². The molecule has 3 N–H and O–H groups in total. The lowest BCUT2D eigenvalue weighted by atomic mass is 10.0. The first-order valence-corrected chi connectivity index (χ1v) is 10.6. The van der Waals surface area contributed by atoms with Gasteiger partial charge in [0.25, 0.3) is 0 Å². The van der Waals surface area contributed by atoms with E-state index < -0.39 is 0 Å². The van der Waals surface area contributed by atoms with Crippen LogP contribution in [0.15, 0.2) is 48.7 Å². The Kier molecular flexibility index (Phi) is 6.39. The highest BCUT2D eigenvalue weighted by Gasteiger charge is 2.27. The molecule has 2 aromatic carbocycles. The third-order valence-electron chi connectivity index (χ3n) is 6.07. The van der Waals surface area contributed by atoms with Gasteiger partial charge >= 0.3 is 5.97 Å². The monoisotopic (exact) mass is 420 g/mol. The first-order chi connectivity index (χ1) is 15.1. The van der Waals surface area contributed by atoms with Gasteiger partial charge in [-0.05, 0) is 65.8 Å². The van der Waals surface area contributed by atoms with Crippen molar-refractivity contribution in [2.75, 3.05) is 26.8 Å². The van der Waals surface area contributed by atoms with Crippen LogP contribution in [0.25, 0.3) is 17.0 Å². The van der Waals surface area contributed by atoms with Gasteiger partial charge in [0, 0.05) is 42.3 Å². The molecule has 4 rings (SSSR count). The highest BCUT2D eigenvalue weighted by Crippen LogP contribution is 2.36. The molecule has 1 aliphatic rings. The molecule has 1 aliphatic carbocycles. The van der Waals surface area contributed by atoms with Crippen molar-refractivity contribution in [3.63, 3.8) is 0 Å². The fourth-order valence-electron chi connectivity index (χ4n) is 4.52. The van der Waals surface area contributed by atoms with E-state index in [9.17, 15) is 15.0 Å². The summed E-state index contributed by atoms with van der Waals surface area (Å²) < 4.78 is 4.66. The Hall–Kier alpha value is -3.09. The average molecular weight is 421 g/mol. The summed E-state index contributed by atoms with van der Waals surface area (Å²) in [7, 11) is 1.37. The molecule has 0 fully saturated rings. The van der Waals surface area contributed by atoms with E-state index >= 15 is 0 Å². The van der Waals surface area contributed by atoms with Crippen molar-refractivity contribution < 1.29 is 19.7 Å². The number of fused-ring (bicyclic) bond motifs is 2. The van der Waals surface area contributed by atoms with E-state index in [-0.39, 0.29) is 24.4 Å². The summed E-state index contributed by atoms with van der Waals surface area (Å²) in [5.41, 5.74) is 5.74. The van der Waals surface area contributed by atoms with Gasteiger partial charge in [-0.25, -0.2) is 4.79 Å². The minimum absolute atomic E-state index is 0.112. The minimum Gasteiger partial charge on any atom is -0.508 e. The number of aromatic nitrogens is 1. The topological polar surface area (TPSA) is 85.8 Å². The van der Waals surface area contributed by atoms with Crippen LogP contribution in [-0.4, -0.2) is 52.9 Å². The molecule has 1 heterocycles. The van der Waals surface area contributed by atoms with Crippen molar-refractivity contribution in [2.24, 2.45) is 0 Å². The molecule has 31 heavy (non-hydrogen) atoms. The number of H-pyrrole nitrogens is 1. The van der Waals surface area contributed by atoms with Crippen molar-refractivity contribution in [3.05, 3.63) is 70.9 Å². The van der Waals surface area contributed by atoms with Crippen LogP contribution in [0.3, 0.4) is 0 Å². The maximum absolute atomic E-state index is 11.3. The molecule has 6 nitrogen and oxygen atoms in total. The molecular weight excluding hydrogens is 392 g/mol. The predicted molar refractivity (Wildman–Crippen MR) is 121 cm³/mol. The van der Waals surface area contributed by atoms with Crippen LogP contribution in [0.4, 0.5) is 0 Å². The molecule has 0 amide bonds. The average Bonchev–Trinajstić information content (AvgIpc) is 3.38. The van der Waals surface area contributed by atoms with Gasteiger partial charge in [-0.1, -0.05) is 18.2 Å². The van der Waals surface area contributed by atoms with E-state index in [1.54, 1.807) is 18.2 Å². The molecule has 1 atom stereocenters. The van der Waals surface area contributed by atoms with Crippen molar-refractivity contribution in [3.8, 4) is 5.75 Å². The van der Waals surface area contributed by atoms with Crippen LogP contribution in [0.1, 0.15) is 34.7 Å². The number of aliphatic hydroxyl groups excluding tert-OH is 1. The van der Waals surface area contributed by atoms with E-state index in [4.69, 9.17) is 0 Å². The van der Waals surface area contributed by atoms with E-state index in [2.05, 4.69) is 26.8 Å². The second-order valence-electron chi connectivity index (χ2n) is 7.92. The normalized spacial score (nSPS) is 15.8. The van der Waals surface area contributed by atoms with E-state index in [1.165, 1.54) is 24.3 Å². The predicted octanol–water partition coefficient (Wildman–Crippen LogP) is 3.58. The maximum atomic E-state index is 11.3. The number of phenolic OH excluding ortho intramolecular Hbond substituents is 1. The molecule has 1 unspecified atom stereocenters. The Bertz CT molecular complexity index is 1100. The molecule has 0 saturated heterocycles. The van der Waals surface area contributed by atoms with Gasteiger partial charge < -0.3 is 19.9 Å². The van der Waals surface area contributed by atoms with Gasteiger partial charge in [-0.3, -0.25) is 4.90 Å². The van der Waals surface area contributed by atoms with Gasteiger partial charge in [-0.15, -0.1) is 0 Å². The molecule has 0 saturated carbocycles. The molecule has 0 radical (unpaired) electrons. The van der Waals surface area contributed by atoms with Crippen molar-refractivity contribution in [1.29, 1.82) is 0 Å². The molecular formula is C25H28N2O4. The first kappa shape index (κ1) is 21.2. The number of carbonyl (C=O) groups excluding carboxylic acids is 1. The summed E-state index contributed by atoms with van der Waals surface area (Å²) in [6.45, 7) is 1.54. The third-order valence-corrected chi connectivity index (χ3v) is 6.07. The molecule has 6 heteroatoms. The number of aliphatic hydroxyl groups is 1. The summed E-state index contributed by atoms with van der Waals surface area (Å²) in [4.78, 5) is 17.0. The largest absolute Gasteiger partial charge is 0.508 e. The number of nitrogens with one attached hydrogen (secondary N) is 1. The number of esters is 1. The van der Waals surface area contributed by atoms with Gasteiger partial charge in [0.15, 0.2) is 0 Å². The van der Waals surface area contributed by atoms with Gasteiger partial charge in [-0.2, -0.15) is 0 Å². The number of rotatable bonds is 8. The minimum atomic E-state index is -0.363. The van der Waals surface area contributed by atoms with Crippen molar-refractivity contribution >= 4 is 22.9 Å². The Balaban J connectivity index is 1.50. The number of benzene rings is 2. The Morgan fingerprint density at radius 1 is 1.26 bits per heavy atom. The van der Waals surface area contributed by atoms with Crippen LogP contribution < -0.4 is 0 Å². The van der Waals surface area contributed by atoms with Crippen molar-refractivity contribution in [2.45, 2.75) is 25.3 Å². The Morgan fingerprint density at radius 2 is 2.13 bits per heavy atom. The van der Waals surface area contributed by atoms with Crippen LogP contribution in [0.5, 0.6) is 5.75 Å². The van der Waals surface area contributed by atoms with E-state index in [1.807, 2.05) is 18.3 Å². The number of hydrogen-bond acceptors (Lipinski definition) is 5. The Labute approximate surface area is 181 Å². The third kappa shape index (κ3) is 4.65. The lowest BCUT2D eigenvalue weighted by molar-refractivity contribution is -0.134. The number of nitrogens with zero attached hydrogens (tertiary/aromatic N) is 1. The number of carbonyl (C=O) groups is 1. The number of aryl methyl sites for hydroxylation is 1. The quantitative estimate of drug-likeness (QED) is 0.383. The second kappa shape index (κ2) is 9.37. The van der Waals surface area contributed by atoms with Gasteiger partial charge in [0.2, 0.25) is 0 Å². The lowest BCUT2D eigenvalue weighted by Gasteiger charge is -2.29. The SMILES string of the molecule is COC(=O)/C=C/c1ccc2c(c1)CCC2N(CCO)CCc1c[nH]c2ccc(O)cc12. The molecule has 0 aliphatic heterocycles. The zero-order valence-electron chi connectivity index (χ0n) is 17.7.